The molecule has 8 heteroatoms. The van der Waals surface area contributed by atoms with Gasteiger partial charge in [0.1, 0.15) is 5.82 Å². The van der Waals surface area contributed by atoms with Crippen LogP contribution in [0, 0.1) is 0 Å². The highest BCUT2D eigenvalue weighted by atomic mass is 32.2. The molecule has 0 spiro atoms. The van der Waals surface area contributed by atoms with Crippen molar-refractivity contribution >= 4 is 26.7 Å². The van der Waals surface area contributed by atoms with Gasteiger partial charge in [0.05, 0.1) is 11.8 Å². The molecule has 0 amide bonds. The van der Waals surface area contributed by atoms with Crippen LogP contribution < -0.4 is 5.32 Å². The van der Waals surface area contributed by atoms with E-state index < -0.39 is 10.0 Å². The van der Waals surface area contributed by atoms with Crippen LogP contribution in [0.1, 0.15) is 12.8 Å². The standard InChI is InChI=1S/C19H21N5O2S/c1-27(25,26)24-11-5-7-15(13-24)21-19-16-8-2-3-9-17(16)22-18(23-19)14-6-4-10-20-12-14/h2-4,6,8-10,12,15H,5,7,11,13H2,1H3,(H,21,22,23). The number of nitrogens with one attached hydrogen (secondary N) is 1. The fourth-order valence-electron chi connectivity index (χ4n) is 3.37. The second kappa shape index (κ2) is 7.21. The molecule has 0 bridgehead atoms. The number of pyridine rings is 1. The predicted octanol–water partition coefficient (Wildman–Crippen LogP) is 2.53. The largest absolute Gasteiger partial charge is 0.365 e. The van der Waals surface area contributed by atoms with Gasteiger partial charge in [0.2, 0.25) is 10.0 Å². The summed E-state index contributed by atoms with van der Waals surface area (Å²) >= 11 is 0. The summed E-state index contributed by atoms with van der Waals surface area (Å²) in [6, 6.07) is 11.6. The first-order valence-electron chi connectivity index (χ1n) is 8.89. The molecule has 1 saturated heterocycles. The maximum atomic E-state index is 11.9. The Morgan fingerprint density at radius 2 is 2.00 bits per heavy atom. The van der Waals surface area contributed by atoms with Crippen molar-refractivity contribution < 1.29 is 8.42 Å². The average Bonchev–Trinajstić information content (AvgIpc) is 2.68. The highest BCUT2D eigenvalue weighted by molar-refractivity contribution is 7.88. The number of para-hydroxylation sites is 1. The molecule has 7 nitrogen and oxygen atoms in total. The van der Waals surface area contributed by atoms with E-state index in [4.69, 9.17) is 4.98 Å². The number of aromatic nitrogens is 3. The number of rotatable bonds is 4. The molecular weight excluding hydrogens is 362 g/mol. The molecule has 1 aliphatic rings. The zero-order valence-electron chi connectivity index (χ0n) is 15.0. The van der Waals surface area contributed by atoms with Gasteiger partial charge in [-0.2, -0.15) is 0 Å². The van der Waals surface area contributed by atoms with Crippen molar-refractivity contribution in [2.45, 2.75) is 18.9 Å². The predicted molar refractivity (Wildman–Crippen MR) is 106 cm³/mol. The number of hydrogen-bond acceptors (Lipinski definition) is 6. The average molecular weight is 383 g/mol. The summed E-state index contributed by atoms with van der Waals surface area (Å²) in [5.41, 5.74) is 1.68. The molecule has 3 heterocycles. The fraction of sp³-hybridized carbons (Fsp3) is 0.316. The molecule has 0 saturated carbocycles. The van der Waals surface area contributed by atoms with Gasteiger partial charge in [-0.3, -0.25) is 4.98 Å². The van der Waals surface area contributed by atoms with Crippen LogP contribution in [0.5, 0.6) is 0 Å². The molecular formula is C19H21N5O2S. The van der Waals surface area contributed by atoms with Gasteiger partial charge in [-0.15, -0.1) is 0 Å². The maximum absolute atomic E-state index is 11.9. The third-order valence-electron chi connectivity index (χ3n) is 4.72. The number of piperidine rings is 1. The Balaban J connectivity index is 1.70. The summed E-state index contributed by atoms with van der Waals surface area (Å²) in [7, 11) is -3.19. The smallest absolute Gasteiger partial charge is 0.211 e. The molecule has 1 unspecified atom stereocenters. The number of fused-ring (bicyclic) bond motifs is 1. The Hall–Kier alpha value is -2.58. The van der Waals surface area contributed by atoms with Crippen molar-refractivity contribution in [1.82, 2.24) is 19.3 Å². The first-order valence-corrected chi connectivity index (χ1v) is 10.7. The van der Waals surface area contributed by atoms with Crippen LogP contribution in [-0.4, -0.2) is 53.1 Å². The molecule has 27 heavy (non-hydrogen) atoms. The third kappa shape index (κ3) is 3.91. The number of anilines is 1. The van der Waals surface area contributed by atoms with E-state index >= 15 is 0 Å². The van der Waals surface area contributed by atoms with Crippen molar-refractivity contribution in [3.05, 3.63) is 48.8 Å². The Bertz CT molecular complexity index is 1060. The van der Waals surface area contributed by atoms with Crippen LogP contribution in [0.4, 0.5) is 5.82 Å². The van der Waals surface area contributed by atoms with Crippen LogP contribution in [-0.2, 0) is 10.0 Å². The monoisotopic (exact) mass is 383 g/mol. The Kier molecular flexibility index (Phi) is 4.75. The van der Waals surface area contributed by atoms with Crippen LogP contribution in [0.25, 0.3) is 22.3 Å². The summed E-state index contributed by atoms with van der Waals surface area (Å²) in [5, 5.41) is 4.38. The Morgan fingerprint density at radius 3 is 2.78 bits per heavy atom. The minimum absolute atomic E-state index is 0.00790. The fourth-order valence-corrected chi connectivity index (χ4v) is 4.28. The maximum Gasteiger partial charge on any atom is 0.211 e. The zero-order valence-corrected chi connectivity index (χ0v) is 15.9. The van der Waals surface area contributed by atoms with Crippen molar-refractivity contribution in [3.63, 3.8) is 0 Å². The molecule has 0 aliphatic carbocycles. The lowest BCUT2D eigenvalue weighted by Crippen LogP contribution is -2.44. The molecule has 0 radical (unpaired) electrons. The van der Waals surface area contributed by atoms with Crippen LogP contribution in [0.3, 0.4) is 0 Å². The quantitative estimate of drug-likeness (QED) is 0.745. The second-order valence-corrected chi connectivity index (χ2v) is 8.74. The molecule has 140 valence electrons. The van der Waals surface area contributed by atoms with Crippen LogP contribution >= 0.6 is 0 Å². The minimum atomic E-state index is -3.19. The van der Waals surface area contributed by atoms with E-state index in [1.807, 2.05) is 36.4 Å². The molecule has 1 aromatic carbocycles. The van der Waals surface area contributed by atoms with Crippen LogP contribution in [0.2, 0.25) is 0 Å². The van der Waals surface area contributed by atoms with Gasteiger partial charge >= 0.3 is 0 Å². The summed E-state index contributed by atoms with van der Waals surface area (Å²) in [4.78, 5) is 13.5. The third-order valence-corrected chi connectivity index (χ3v) is 5.99. The lowest BCUT2D eigenvalue weighted by molar-refractivity contribution is 0.329. The van der Waals surface area contributed by atoms with E-state index in [2.05, 4.69) is 15.3 Å². The van der Waals surface area contributed by atoms with Crippen molar-refractivity contribution in [3.8, 4) is 11.4 Å². The van der Waals surface area contributed by atoms with E-state index in [-0.39, 0.29) is 6.04 Å². The molecule has 1 fully saturated rings. The van der Waals surface area contributed by atoms with E-state index in [0.29, 0.717) is 18.9 Å². The van der Waals surface area contributed by atoms with Crippen molar-refractivity contribution in [2.24, 2.45) is 0 Å². The van der Waals surface area contributed by atoms with Gasteiger partial charge in [-0.25, -0.2) is 22.7 Å². The first-order chi connectivity index (χ1) is 13.0. The van der Waals surface area contributed by atoms with Gasteiger partial charge in [-0.1, -0.05) is 12.1 Å². The summed E-state index contributed by atoms with van der Waals surface area (Å²) in [5.74, 6) is 1.32. The van der Waals surface area contributed by atoms with E-state index in [0.717, 1.165) is 35.1 Å². The Labute approximate surface area is 158 Å². The number of sulfonamides is 1. The number of nitrogens with zero attached hydrogens (tertiary/aromatic N) is 4. The highest BCUT2D eigenvalue weighted by Crippen LogP contribution is 2.26. The number of benzene rings is 1. The molecule has 4 rings (SSSR count). The second-order valence-electron chi connectivity index (χ2n) is 6.76. The zero-order chi connectivity index (χ0) is 18.9. The lowest BCUT2D eigenvalue weighted by Gasteiger charge is -2.32. The van der Waals surface area contributed by atoms with E-state index in [9.17, 15) is 8.42 Å². The molecule has 2 aromatic heterocycles. The Morgan fingerprint density at radius 1 is 1.15 bits per heavy atom. The van der Waals surface area contributed by atoms with Gasteiger partial charge < -0.3 is 5.32 Å². The molecule has 1 aliphatic heterocycles. The molecule has 1 atom stereocenters. The molecule has 3 aromatic rings. The van der Waals surface area contributed by atoms with Crippen molar-refractivity contribution in [1.29, 1.82) is 0 Å². The highest BCUT2D eigenvalue weighted by Gasteiger charge is 2.26. The van der Waals surface area contributed by atoms with E-state index in [1.165, 1.54) is 10.6 Å². The first kappa shape index (κ1) is 17.8. The topological polar surface area (TPSA) is 88.1 Å². The number of hydrogen-bond donors (Lipinski definition) is 1. The van der Waals surface area contributed by atoms with Gasteiger partial charge in [-0.05, 0) is 37.1 Å². The summed E-state index contributed by atoms with van der Waals surface area (Å²) in [6.07, 6.45) is 6.43. The van der Waals surface area contributed by atoms with E-state index in [1.54, 1.807) is 12.4 Å². The van der Waals surface area contributed by atoms with Crippen molar-refractivity contribution in [2.75, 3.05) is 24.7 Å². The van der Waals surface area contributed by atoms with Gasteiger partial charge in [0, 0.05) is 42.5 Å². The SMILES string of the molecule is CS(=O)(=O)N1CCCC(Nc2nc(-c3cccnc3)nc3ccccc23)C1. The normalized spacial score (nSPS) is 18.5. The summed E-state index contributed by atoms with van der Waals surface area (Å²) < 4.78 is 25.3. The molecule has 1 N–H and O–H groups in total. The lowest BCUT2D eigenvalue weighted by atomic mass is 10.1. The minimum Gasteiger partial charge on any atom is -0.365 e. The summed E-state index contributed by atoms with van der Waals surface area (Å²) in [6.45, 7) is 1.02. The van der Waals surface area contributed by atoms with Crippen LogP contribution in [0.15, 0.2) is 48.8 Å². The van der Waals surface area contributed by atoms with Gasteiger partial charge in [0.15, 0.2) is 5.82 Å². The van der Waals surface area contributed by atoms with Gasteiger partial charge in [0.25, 0.3) is 0 Å².